The van der Waals surface area contributed by atoms with Crippen LogP contribution in [0.1, 0.15) is 64.2 Å². The van der Waals surface area contributed by atoms with Gasteiger partial charge in [-0.1, -0.05) is 12.8 Å². The van der Waals surface area contributed by atoms with Crippen molar-refractivity contribution in [1.82, 2.24) is 0 Å². The summed E-state index contributed by atoms with van der Waals surface area (Å²) in [5.74, 6) is 0. The van der Waals surface area contributed by atoms with Gasteiger partial charge in [0.2, 0.25) is 0 Å². The zero-order chi connectivity index (χ0) is 17.8. The summed E-state index contributed by atoms with van der Waals surface area (Å²) in [6.07, 6.45) is 15.0. The molecule has 7 heteroatoms. The number of hydrogen-bond donors (Lipinski definition) is 1. The molecule has 0 amide bonds. The van der Waals surface area contributed by atoms with Gasteiger partial charge in [-0.2, -0.15) is 0 Å². The number of thiol groups is 1. The monoisotopic (exact) mass is 398 g/mol. The van der Waals surface area contributed by atoms with E-state index in [9.17, 15) is 0 Å². The van der Waals surface area contributed by atoms with Gasteiger partial charge in [0.1, 0.15) is 0 Å². The van der Waals surface area contributed by atoms with Crippen molar-refractivity contribution in [3.8, 4) is 0 Å². The predicted octanol–water partition coefficient (Wildman–Crippen LogP) is 4.56. The van der Waals surface area contributed by atoms with Gasteiger partial charge in [0.05, 0.1) is 18.4 Å². The molecule has 2 fully saturated rings. The third kappa shape index (κ3) is 15.5. The van der Waals surface area contributed by atoms with E-state index in [1.165, 1.54) is 64.2 Å². The average Bonchev–Trinajstić information content (AvgIpc) is 2.69. The molecular formula is C16H24MnO4PS+. The van der Waals surface area contributed by atoms with Gasteiger partial charge in [0, 0.05) is 17.1 Å². The maximum atomic E-state index is 7.50. The van der Waals surface area contributed by atoms with E-state index in [0.717, 1.165) is 11.3 Å². The fraction of sp³-hybridized carbons (Fsp3) is 0.750. The molecule has 0 unspecified atom stereocenters. The van der Waals surface area contributed by atoms with Gasteiger partial charge in [-0.05, 0) is 63.6 Å². The van der Waals surface area contributed by atoms with Crippen LogP contribution in [-0.2, 0) is 35.7 Å². The molecule has 1 radical (unpaired) electrons. The molecule has 0 saturated heterocycles. The Morgan fingerprint density at radius 1 is 0.565 bits per heavy atom. The Hall–Kier alpha value is 0.259. The van der Waals surface area contributed by atoms with E-state index in [0.29, 0.717) is 0 Å². The van der Waals surface area contributed by atoms with Gasteiger partial charge in [0.25, 0.3) is 0 Å². The third-order valence-corrected chi connectivity index (χ3v) is 9.07. The summed E-state index contributed by atoms with van der Waals surface area (Å²) in [6.45, 7) is 18.0. The molecule has 0 spiro atoms. The maximum Gasteiger partial charge on any atom is 0 e. The first-order valence-electron chi connectivity index (χ1n) is 7.25. The van der Waals surface area contributed by atoms with Crippen LogP contribution in [0.15, 0.2) is 0 Å². The molecule has 0 atom stereocenters. The molecule has 2 rings (SSSR count). The van der Waals surface area contributed by atoms with E-state index in [1.807, 2.05) is 0 Å². The Bertz CT molecular complexity index is 266. The molecule has 2 saturated carbocycles. The fourth-order valence-electron chi connectivity index (χ4n) is 3.13. The van der Waals surface area contributed by atoms with Crippen molar-refractivity contribution < 1.29 is 35.7 Å². The topological polar surface area (TPSA) is 79.6 Å². The van der Waals surface area contributed by atoms with Gasteiger partial charge in [-0.25, -0.2) is 0 Å². The third-order valence-electron chi connectivity index (χ3n) is 4.05. The summed E-state index contributed by atoms with van der Waals surface area (Å²) in [7, 11) is -0.296. The van der Waals surface area contributed by atoms with Crippen molar-refractivity contribution in [1.29, 1.82) is 0 Å². The maximum absolute atomic E-state index is 7.50. The van der Waals surface area contributed by atoms with Crippen LogP contribution in [0.2, 0.25) is 0 Å². The van der Waals surface area contributed by atoms with Crippen LogP contribution < -0.4 is 0 Å². The summed E-state index contributed by atoms with van der Waals surface area (Å²) in [5, 5.41) is 0. The average molecular weight is 398 g/mol. The zero-order valence-electron chi connectivity index (χ0n) is 13.2. The molecule has 2 aliphatic carbocycles. The first kappa shape index (κ1) is 31.1. The molecule has 0 N–H and O–H groups in total. The van der Waals surface area contributed by atoms with Crippen LogP contribution in [0, 0.1) is 26.6 Å². The normalized spacial score (nSPS) is 16.8. The predicted molar refractivity (Wildman–Crippen MR) is 86.8 cm³/mol. The smallest absolute Gasteiger partial charge is 0 e. The molecule has 0 aromatic carbocycles. The van der Waals surface area contributed by atoms with E-state index in [2.05, 4.69) is 26.6 Å². The van der Waals surface area contributed by atoms with E-state index in [1.54, 1.807) is 0 Å². The largest absolute Gasteiger partial charge is 0 e. The second-order valence-corrected chi connectivity index (χ2v) is 9.13. The summed E-state index contributed by atoms with van der Waals surface area (Å²) in [4.78, 5) is 0. The fourth-order valence-corrected chi connectivity index (χ4v) is 7.35. The molecule has 4 nitrogen and oxygen atoms in total. The van der Waals surface area contributed by atoms with Crippen LogP contribution in [0.4, 0.5) is 0 Å². The van der Waals surface area contributed by atoms with E-state index >= 15 is 0 Å². The molecule has 129 valence electrons. The van der Waals surface area contributed by atoms with Crippen molar-refractivity contribution in [2.45, 2.75) is 75.5 Å². The minimum Gasteiger partial charge on any atom is 0 e. The minimum absolute atomic E-state index is 0. The van der Waals surface area contributed by atoms with Gasteiger partial charge in [0.15, 0.2) is 0 Å². The second-order valence-electron chi connectivity index (χ2n) is 5.09. The van der Waals surface area contributed by atoms with Crippen LogP contribution in [0.25, 0.3) is 0 Å². The van der Waals surface area contributed by atoms with E-state index in [-0.39, 0.29) is 24.2 Å². The second kappa shape index (κ2) is 27.1. The Kier molecular flexibility index (Phi) is 36.6. The molecule has 0 heterocycles. The quantitative estimate of drug-likeness (QED) is 0.233. The minimum atomic E-state index is -0.296. The molecule has 23 heavy (non-hydrogen) atoms. The first-order chi connectivity index (χ1) is 10.9. The van der Waals surface area contributed by atoms with Gasteiger partial charge >= 0.3 is 45.2 Å². The Balaban J connectivity index is -0.000000176. The zero-order valence-corrected chi connectivity index (χ0v) is 16.3. The molecular weight excluding hydrogens is 374 g/mol. The standard InChI is InChI=1S/C12H23PS.4CO.Mn/c14-13(11-7-3-1-4-8-11)12-9-5-2-6-10-12;4*1-2;/h11-12,14H,1-10H2;;;;;/p+1. The van der Waals surface area contributed by atoms with Crippen LogP contribution in [-0.4, -0.2) is 11.3 Å². The van der Waals surface area contributed by atoms with Gasteiger partial charge in [-0.3, -0.25) is 0 Å². The van der Waals surface area contributed by atoms with Crippen molar-refractivity contribution in [2.24, 2.45) is 0 Å². The van der Waals surface area contributed by atoms with Crippen LogP contribution >= 0.6 is 19.4 Å². The van der Waals surface area contributed by atoms with Gasteiger partial charge < -0.3 is 0 Å². The molecule has 0 aromatic heterocycles. The van der Waals surface area contributed by atoms with Gasteiger partial charge in [-0.15, -0.1) is 0 Å². The molecule has 2 aliphatic rings. The summed E-state index contributed by atoms with van der Waals surface area (Å²) in [5.41, 5.74) is 2.11. The Morgan fingerprint density at radius 3 is 1.00 bits per heavy atom. The SMILES string of the molecule is S[PH+](C1CCCCC1)C1CCCCC1.[C-]#[O+].[C-]#[O+].[C-]#[O+].[C-]#[O+].[Mn]. The summed E-state index contributed by atoms with van der Waals surface area (Å²) in [6, 6.07) is 0. The number of hydrogen-bond acceptors (Lipinski definition) is 1. The number of rotatable bonds is 2. The van der Waals surface area contributed by atoms with Crippen LogP contribution in [0.5, 0.6) is 0 Å². The Labute approximate surface area is 157 Å². The summed E-state index contributed by atoms with van der Waals surface area (Å²) >= 11 is 5.02. The van der Waals surface area contributed by atoms with Crippen LogP contribution in [0.3, 0.4) is 0 Å². The molecule has 0 aromatic rings. The van der Waals surface area contributed by atoms with Crippen molar-refractivity contribution in [3.63, 3.8) is 0 Å². The van der Waals surface area contributed by atoms with Crippen molar-refractivity contribution in [3.05, 3.63) is 26.6 Å². The molecule has 0 bridgehead atoms. The first-order valence-corrected chi connectivity index (χ1v) is 10.2. The van der Waals surface area contributed by atoms with E-state index in [4.69, 9.17) is 30.9 Å². The summed E-state index contributed by atoms with van der Waals surface area (Å²) < 4.78 is 30.0. The van der Waals surface area contributed by atoms with Crippen molar-refractivity contribution in [2.75, 3.05) is 0 Å². The van der Waals surface area contributed by atoms with Crippen molar-refractivity contribution >= 4 is 19.4 Å². The van der Waals surface area contributed by atoms with E-state index < -0.39 is 0 Å². The molecule has 0 aliphatic heterocycles. The Morgan fingerprint density at radius 2 is 0.783 bits per heavy atom.